The van der Waals surface area contributed by atoms with Crippen LogP contribution >= 0.6 is 0 Å². The molecule has 5 heteroatoms. The monoisotopic (exact) mass is 376 g/mol. The number of esters is 1. The van der Waals surface area contributed by atoms with E-state index in [1.807, 2.05) is 12.2 Å². The molecule has 0 bridgehead atoms. The fourth-order valence-corrected chi connectivity index (χ4v) is 3.51. The van der Waals surface area contributed by atoms with Crippen molar-refractivity contribution in [3.63, 3.8) is 0 Å². The zero-order valence-corrected chi connectivity index (χ0v) is 17.0. The fraction of sp³-hybridized carbons (Fsp3) is 0.591. The van der Waals surface area contributed by atoms with E-state index in [1.165, 1.54) is 18.3 Å². The Kier molecular flexibility index (Phi) is 7.87. The highest BCUT2D eigenvalue weighted by Crippen LogP contribution is 2.27. The molecule has 2 aliphatic heterocycles. The normalized spacial score (nSPS) is 28.2. The number of carbonyl (C=O) groups excluding carboxylic acids is 1. The van der Waals surface area contributed by atoms with Crippen LogP contribution in [0.15, 0.2) is 46.8 Å². The molecule has 0 fully saturated rings. The molecule has 4 atom stereocenters. The molecule has 0 radical (unpaired) electrons. The van der Waals surface area contributed by atoms with Crippen LogP contribution in [0.5, 0.6) is 0 Å². The number of hydrogen-bond donors (Lipinski definition) is 1. The third-order valence-electron chi connectivity index (χ3n) is 5.16. The zero-order chi connectivity index (χ0) is 20.0. The van der Waals surface area contributed by atoms with Crippen LogP contribution in [0.1, 0.15) is 47.0 Å². The van der Waals surface area contributed by atoms with E-state index in [0.29, 0.717) is 12.2 Å². The van der Waals surface area contributed by atoms with Gasteiger partial charge >= 0.3 is 5.97 Å². The van der Waals surface area contributed by atoms with E-state index in [-0.39, 0.29) is 36.4 Å². The predicted octanol–water partition coefficient (Wildman–Crippen LogP) is 3.85. The molecule has 2 heterocycles. The molecule has 27 heavy (non-hydrogen) atoms. The lowest BCUT2D eigenvalue weighted by Crippen LogP contribution is -2.28. The van der Waals surface area contributed by atoms with Gasteiger partial charge in [0.2, 0.25) is 0 Å². The van der Waals surface area contributed by atoms with E-state index in [0.717, 1.165) is 12.8 Å². The van der Waals surface area contributed by atoms with Gasteiger partial charge in [-0.15, -0.1) is 0 Å². The van der Waals surface area contributed by atoms with Gasteiger partial charge in [-0.25, -0.2) is 4.79 Å². The van der Waals surface area contributed by atoms with Crippen LogP contribution in [0.2, 0.25) is 0 Å². The molecule has 2 rings (SSSR count). The lowest BCUT2D eigenvalue weighted by Gasteiger charge is -2.30. The molecule has 5 nitrogen and oxygen atoms in total. The third-order valence-corrected chi connectivity index (χ3v) is 5.16. The molecular formula is C22H32O5. The van der Waals surface area contributed by atoms with Crippen LogP contribution in [0.3, 0.4) is 0 Å². The average molecular weight is 376 g/mol. The molecule has 150 valence electrons. The predicted molar refractivity (Wildman–Crippen MR) is 105 cm³/mol. The smallest absolute Gasteiger partial charge is 0.340 e. The molecule has 0 saturated carbocycles. The maximum absolute atomic E-state index is 11.9. The lowest BCUT2D eigenvalue weighted by molar-refractivity contribution is -0.145. The van der Waals surface area contributed by atoms with Crippen molar-refractivity contribution < 1.29 is 24.1 Å². The zero-order valence-electron chi connectivity index (χ0n) is 17.0. The van der Waals surface area contributed by atoms with Gasteiger partial charge in [0.15, 0.2) is 0 Å². The number of methoxy groups -OCH3 is 1. The molecule has 1 N–H and O–H groups in total. The number of cyclic esters (lactones) is 1. The Hall–Kier alpha value is -1.85. The lowest BCUT2D eigenvalue weighted by atomic mass is 9.96. The molecule has 0 aromatic rings. The van der Waals surface area contributed by atoms with E-state index in [2.05, 4.69) is 39.8 Å². The second kappa shape index (κ2) is 9.90. The maximum Gasteiger partial charge on any atom is 0.340 e. The van der Waals surface area contributed by atoms with E-state index in [1.54, 1.807) is 0 Å². The number of aliphatic hydroxyl groups excluding tert-OH is 1. The topological polar surface area (TPSA) is 65.0 Å². The minimum Gasteiger partial charge on any atom is -0.500 e. The molecule has 0 aromatic heterocycles. The van der Waals surface area contributed by atoms with Crippen LogP contribution in [-0.2, 0) is 19.0 Å². The Morgan fingerprint density at radius 2 is 2.22 bits per heavy atom. The maximum atomic E-state index is 11.9. The number of aliphatic hydroxyl groups is 1. The van der Waals surface area contributed by atoms with Gasteiger partial charge in [0.05, 0.1) is 25.9 Å². The molecule has 4 unspecified atom stereocenters. The molecule has 0 aromatic carbocycles. The van der Waals surface area contributed by atoms with Gasteiger partial charge in [-0.3, -0.25) is 0 Å². The van der Waals surface area contributed by atoms with Gasteiger partial charge in [0, 0.05) is 6.42 Å². The van der Waals surface area contributed by atoms with Gasteiger partial charge in [0.25, 0.3) is 0 Å². The van der Waals surface area contributed by atoms with Crippen molar-refractivity contribution >= 4 is 5.97 Å². The first-order chi connectivity index (χ1) is 12.9. The summed E-state index contributed by atoms with van der Waals surface area (Å²) in [5.74, 6) is 0.165. The summed E-state index contributed by atoms with van der Waals surface area (Å²) in [5, 5.41) is 9.26. The van der Waals surface area contributed by atoms with Crippen molar-refractivity contribution in [1.82, 2.24) is 0 Å². The summed E-state index contributed by atoms with van der Waals surface area (Å²) in [4.78, 5) is 11.9. The number of hydrogen-bond acceptors (Lipinski definition) is 5. The largest absolute Gasteiger partial charge is 0.500 e. The summed E-state index contributed by atoms with van der Waals surface area (Å²) >= 11 is 0. The van der Waals surface area contributed by atoms with Gasteiger partial charge in [-0.2, -0.15) is 0 Å². The highest BCUT2D eigenvalue weighted by atomic mass is 16.6. The minimum atomic E-state index is -0.516. The Morgan fingerprint density at radius 1 is 1.48 bits per heavy atom. The first kappa shape index (κ1) is 21.5. The van der Waals surface area contributed by atoms with Gasteiger partial charge in [0.1, 0.15) is 17.4 Å². The molecule has 0 amide bonds. The van der Waals surface area contributed by atoms with Crippen molar-refractivity contribution in [3.8, 4) is 0 Å². The Bertz CT molecular complexity index is 656. The van der Waals surface area contributed by atoms with E-state index in [4.69, 9.17) is 14.2 Å². The fourth-order valence-electron chi connectivity index (χ4n) is 3.51. The summed E-state index contributed by atoms with van der Waals surface area (Å²) in [6, 6.07) is 0. The van der Waals surface area contributed by atoms with Crippen molar-refractivity contribution in [2.24, 2.45) is 5.92 Å². The van der Waals surface area contributed by atoms with E-state index < -0.39 is 5.97 Å². The highest BCUT2D eigenvalue weighted by Gasteiger charge is 2.28. The molecule has 0 spiro atoms. The second-order valence-electron chi connectivity index (χ2n) is 7.27. The number of rotatable bonds is 7. The van der Waals surface area contributed by atoms with Gasteiger partial charge < -0.3 is 19.3 Å². The van der Waals surface area contributed by atoms with Crippen LogP contribution in [0.25, 0.3) is 0 Å². The van der Waals surface area contributed by atoms with E-state index >= 15 is 0 Å². The first-order valence-electron chi connectivity index (χ1n) is 9.66. The van der Waals surface area contributed by atoms with Crippen LogP contribution in [-0.4, -0.2) is 43.1 Å². The SMILES string of the molecule is CCC1OC(C(C)=CC(C)C=CC2CC(OC)=C(CO)C(=O)O2)CC=C1C. The Morgan fingerprint density at radius 3 is 2.85 bits per heavy atom. The molecule has 0 aliphatic carbocycles. The summed E-state index contributed by atoms with van der Waals surface area (Å²) in [7, 11) is 1.50. The van der Waals surface area contributed by atoms with Crippen molar-refractivity contribution in [1.29, 1.82) is 0 Å². The molecular weight excluding hydrogens is 344 g/mol. The highest BCUT2D eigenvalue weighted by molar-refractivity contribution is 5.90. The van der Waals surface area contributed by atoms with Crippen molar-refractivity contribution in [2.75, 3.05) is 13.7 Å². The quantitative estimate of drug-likeness (QED) is 0.540. The number of allylic oxidation sites excluding steroid dienone is 2. The van der Waals surface area contributed by atoms with Gasteiger partial charge in [-0.05, 0) is 49.8 Å². The van der Waals surface area contributed by atoms with Crippen molar-refractivity contribution in [3.05, 3.63) is 46.8 Å². The average Bonchev–Trinajstić information content (AvgIpc) is 2.66. The molecule has 2 aliphatic rings. The second-order valence-corrected chi connectivity index (χ2v) is 7.27. The van der Waals surface area contributed by atoms with Crippen molar-refractivity contribution in [2.45, 2.75) is 65.3 Å². The Labute approximate surface area is 162 Å². The Balaban J connectivity index is 1.98. The first-order valence-corrected chi connectivity index (χ1v) is 9.66. The van der Waals surface area contributed by atoms with Gasteiger partial charge in [-0.1, -0.05) is 32.1 Å². The van der Waals surface area contributed by atoms with Crippen LogP contribution in [0, 0.1) is 5.92 Å². The minimum absolute atomic E-state index is 0.122. The van der Waals surface area contributed by atoms with Crippen LogP contribution in [0.4, 0.5) is 0 Å². The summed E-state index contributed by atoms with van der Waals surface area (Å²) < 4.78 is 16.8. The number of ether oxygens (including phenoxy) is 3. The number of carbonyl (C=O) groups is 1. The summed E-state index contributed by atoms with van der Waals surface area (Å²) in [6.07, 6.45) is 10.7. The van der Waals surface area contributed by atoms with Crippen LogP contribution < -0.4 is 0 Å². The third kappa shape index (κ3) is 5.56. The molecule has 0 saturated heterocycles. The summed E-state index contributed by atoms with van der Waals surface area (Å²) in [5.41, 5.74) is 2.74. The van der Waals surface area contributed by atoms with E-state index in [9.17, 15) is 9.90 Å². The summed E-state index contributed by atoms with van der Waals surface area (Å²) in [6.45, 7) is 8.11. The standard InChI is InChI=1S/C22H32O5/c1-6-19-15(3)8-10-20(27-19)16(4)11-14(2)7-9-17-12-21(25-5)18(13-23)22(24)26-17/h7-9,11,14,17,19-20,23H,6,10,12-13H2,1-5H3.